The fraction of sp³-hybridized carbons (Fsp3) is 0.370. The highest BCUT2D eigenvalue weighted by atomic mass is 16.5. The highest BCUT2D eigenvalue weighted by Gasteiger charge is 2.70. The number of rotatable bonds is 5. The second-order valence-electron chi connectivity index (χ2n) is 9.83. The average molecular weight is 473 g/mol. The van der Waals surface area contributed by atoms with Gasteiger partial charge in [0.15, 0.2) is 0 Å². The number of fused-ring (bicyclic) bond motifs is 5. The second-order valence-corrected chi connectivity index (χ2v) is 9.83. The monoisotopic (exact) mass is 472 g/mol. The summed E-state index contributed by atoms with van der Waals surface area (Å²) < 4.78 is 5.16. The summed E-state index contributed by atoms with van der Waals surface area (Å²) in [5.74, 6) is -2.28. The highest BCUT2D eigenvalue weighted by Crippen LogP contribution is 2.54. The zero-order chi connectivity index (χ0) is 24.5. The molecule has 4 unspecified atom stereocenters. The third-order valence-electron chi connectivity index (χ3n) is 8.15. The van der Waals surface area contributed by atoms with Crippen molar-refractivity contribution in [2.75, 3.05) is 25.6 Å². The molecule has 35 heavy (non-hydrogen) atoms. The molecule has 4 heterocycles. The quantitative estimate of drug-likeness (QED) is 0.495. The number of aromatic nitrogens is 1. The standard InChI is InChI=1S/C27H28N4O4/c1-14-8-9-18-23(15(14)2)29-26(34)27(18)22-21(24(32)31(25(22)33)10-11-35-3)20(30-27)12-16-13-28-19-7-5-4-6-17(16)19/h4-9,13,20-22,28,30H,10-12H2,1-3H3,(H,29,34). The largest absolute Gasteiger partial charge is 0.383 e. The third-order valence-corrected chi connectivity index (χ3v) is 8.15. The Bertz CT molecular complexity index is 1400. The van der Waals surface area contributed by atoms with Crippen molar-refractivity contribution in [2.24, 2.45) is 11.8 Å². The summed E-state index contributed by atoms with van der Waals surface area (Å²) in [6, 6.07) is 11.5. The third kappa shape index (κ3) is 2.90. The van der Waals surface area contributed by atoms with Gasteiger partial charge in [-0.1, -0.05) is 30.3 Å². The summed E-state index contributed by atoms with van der Waals surface area (Å²) in [5, 5.41) is 7.65. The second kappa shape index (κ2) is 7.76. The molecule has 3 aliphatic rings. The molecule has 4 atom stereocenters. The molecule has 3 aliphatic heterocycles. The van der Waals surface area contributed by atoms with Crippen molar-refractivity contribution >= 4 is 34.3 Å². The van der Waals surface area contributed by atoms with Crippen LogP contribution in [0.4, 0.5) is 5.69 Å². The van der Waals surface area contributed by atoms with Crippen LogP contribution in [0.25, 0.3) is 10.9 Å². The first-order chi connectivity index (χ1) is 16.9. The number of hydrogen-bond acceptors (Lipinski definition) is 5. The lowest BCUT2D eigenvalue weighted by atomic mass is 9.75. The highest BCUT2D eigenvalue weighted by molar-refractivity contribution is 6.15. The Morgan fingerprint density at radius 3 is 2.66 bits per heavy atom. The number of anilines is 1. The number of H-pyrrole nitrogens is 1. The maximum Gasteiger partial charge on any atom is 0.250 e. The smallest absolute Gasteiger partial charge is 0.250 e. The van der Waals surface area contributed by atoms with Crippen molar-refractivity contribution in [1.82, 2.24) is 15.2 Å². The van der Waals surface area contributed by atoms with E-state index >= 15 is 0 Å². The zero-order valence-electron chi connectivity index (χ0n) is 20.0. The number of nitrogens with zero attached hydrogens (tertiary/aromatic N) is 1. The molecule has 0 saturated carbocycles. The van der Waals surface area contributed by atoms with Crippen molar-refractivity contribution < 1.29 is 19.1 Å². The number of methoxy groups -OCH3 is 1. The molecule has 0 radical (unpaired) electrons. The van der Waals surface area contributed by atoms with Crippen molar-refractivity contribution in [3.8, 4) is 0 Å². The van der Waals surface area contributed by atoms with Gasteiger partial charge >= 0.3 is 0 Å². The molecule has 8 nitrogen and oxygen atoms in total. The molecule has 6 rings (SSSR count). The van der Waals surface area contributed by atoms with E-state index in [1.54, 1.807) is 7.11 Å². The Morgan fingerprint density at radius 2 is 1.86 bits per heavy atom. The predicted molar refractivity (Wildman–Crippen MR) is 131 cm³/mol. The van der Waals surface area contributed by atoms with E-state index in [0.29, 0.717) is 6.42 Å². The molecule has 2 saturated heterocycles. The van der Waals surface area contributed by atoms with Crippen LogP contribution in [-0.2, 0) is 31.1 Å². The molecular weight excluding hydrogens is 444 g/mol. The number of aromatic amines is 1. The maximum absolute atomic E-state index is 13.8. The number of likely N-dealkylation sites (tertiary alicyclic amines) is 1. The van der Waals surface area contributed by atoms with Gasteiger partial charge < -0.3 is 15.0 Å². The molecule has 3 amide bonds. The number of benzene rings is 2. The van der Waals surface area contributed by atoms with E-state index in [9.17, 15) is 14.4 Å². The molecule has 180 valence electrons. The zero-order valence-corrected chi connectivity index (χ0v) is 20.0. The Morgan fingerprint density at radius 1 is 1.06 bits per heavy atom. The molecule has 0 bridgehead atoms. The first-order valence-electron chi connectivity index (χ1n) is 12.0. The molecule has 0 aliphatic carbocycles. The van der Waals surface area contributed by atoms with Gasteiger partial charge in [-0.15, -0.1) is 0 Å². The van der Waals surface area contributed by atoms with Gasteiger partial charge in [0.2, 0.25) is 17.7 Å². The number of imide groups is 1. The maximum atomic E-state index is 13.8. The van der Waals surface area contributed by atoms with Gasteiger partial charge in [-0.25, -0.2) is 0 Å². The van der Waals surface area contributed by atoms with Crippen molar-refractivity contribution in [1.29, 1.82) is 0 Å². The number of nitrogens with one attached hydrogen (secondary N) is 3. The summed E-state index contributed by atoms with van der Waals surface area (Å²) in [4.78, 5) is 45.7. The molecule has 8 heteroatoms. The minimum Gasteiger partial charge on any atom is -0.383 e. The topological polar surface area (TPSA) is 104 Å². The lowest BCUT2D eigenvalue weighted by Crippen LogP contribution is -2.53. The first kappa shape index (κ1) is 22.0. The Balaban J connectivity index is 1.48. The van der Waals surface area contributed by atoms with Gasteiger partial charge in [-0.3, -0.25) is 24.6 Å². The molecular formula is C27H28N4O4. The van der Waals surface area contributed by atoms with Crippen molar-refractivity contribution in [2.45, 2.75) is 31.8 Å². The Labute approximate surface area is 203 Å². The van der Waals surface area contributed by atoms with Crippen molar-refractivity contribution in [3.05, 3.63) is 64.8 Å². The van der Waals surface area contributed by atoms with Crippen LogP contribution in [0, 0.1) is 25.7 Å². The molecule has 2 fully saturated rings. The summed E-state index contributed by atoms with van der Waals surface area (Å²) in [5.41, 5.74) is 4.28. The van der Waals surface area contributed by atoms with Gasteiger partial charge in [0, 0.05) is 41.5 Å². The van der Waals surface area contributed by atoms with Crippen LogP contribution in [0.1, 0.15) is 22.3 Å². The number of carbonyl (C=O) groups excluding carboxylic acids is 3. The molecule has 2 aromatic carbocycles. The predicted octanol–water partition coefficient (Wildman–Crippen LogP) is 2.39. The minimum atomic E-state index is -1.29. The van der Waals surface area contributed by atoms with Crippen LogP contribution >= 0.6 is 0 Å². The molecule has 3 aromatic rings. The van der Waals surface area contributed by atoms with Crippen LogP contribution in [-0.4, -0.2) is 53.9 Å². The summed E-state index contributed by atoms with van der Waals surface area (Å²) >= 11 is 0. The summed E-state index contributed by atoms with van der Waals surface area (Å²) in [6.45, 7) is 4.40. The number of ether oxygens (including phenoxy) is 1. The Kier molecular flexibility index (Phi) is 4.88. The molecule has 3 N–H and O–H groups in total. The van der Waals surface area contributed by atoms with Crippen LogP contribution in [0.3, 0.4) is 0 Å². The van der Waals surface area contributed by atoms with Gasteiger partial charge in [0.05, 0.1) is 25.0 Å². The van der Waals surface area contributed by atoms with E-state index < -0.39 is 17.4 Å². The molecule has 1 aromatic heterocycles. The van der Waals surface area contributed by atoms with Crippen LogP contribution < -0.4 is 10.6 Å². The average Bonchev–Trinajstić information content (AvgIpc) is 3.55. The van der Waals surface area contributed by atoms with E-state index in [-0.39, 0.29) is 36.9 Å². The SMILES string of the molecule is COCCN1C(=O)C2C(Cc3c[nH]c4ccccc34)NC3(C(=O)Nc4c3ccc(C)c4C)C2C1=O. The van der Waals surface area contributed by atoms with Crippen LogP contribution in [0.2, 0.25) is 0 Å². The van der Waals surface area contributed by atoms with Gasteiger partial charge in [0.1, 0.15) is 5.54 Å². The van der Waals surface area contributed by atoms with Gasteiger partial charge in [0.25, 0.3) is 0 Å². The van der Waals surface area contributed by atoms with Crippen LogP contribution in [0.15, 0.2) is 42.6 Å². The number of aryl methyl sites for hydroxylation is 1. The van der Waals surface area contributed by atoms with E-state index in [1.165, 1.54) is 4.90 Å². The van der Waals surface area contributed by atoms with E-state index in [0.717, 1.165) is 38.8 Å². The lowest BCUT2D eigenvalue weighted by Gasteiger charge is -2.29. The lowest BCUT2D eigenvalue weighted by molar-refractivity contribution is -0.143. The summed E-state index contributed by atoms with van der Waals surface area (Å²) in [7, 11) is 1.54. The van der Waals surface area contributed by atoms with Crippen molar-refractivity contribution in [3.63, 3.8) is 0 Å². The van der Waals surface area contributed by atoms with Crippen LogP contribution in [0.5, 0.6) is 0 Å². The number of carbonyl (C=O) groups is 3. The van der Waals surface area contributed by atoms with Gasteiger partial charge in [-0.2, -0.15) is 0 Å². The fourth-order valence-corrected chi connectivity index (χ4v) is 6.29. The first-order valence-corrected chi connectivity index (χ1v) is 12.0. The minimum absolute atomic E-state index is 0.179. The summed E-state index contributed by atoms with van der Waals surface area (Å²) in [6.07, 6.45) is 2.46. The fourth-order valence-electron chi connectivity index (χ4n) is 6.29. The number of amides is 3. The van der Waals surface area contributed by atoms with E-state index in [4.69, 9.17) is 4.74 Å². The van der Waals surface area contributed by atoms with Gasteiger partial charge in [-0.05, 0) is 43.0 Å². The normalized spacial score (nSPS) is 27.2. The number of hydrogen-bond donors (Lipinski definition) is 3. The molecule has 1 spiro atoms. The Hall–Kier alpha value is -3.49. The van der Waals surface area contributed by atoms with E-state index in [1.807, 2.05) is 56.4 Å². The number of para-hydroxylation sites is 1. The van der Waals surface area contributed by atoms with E-state index in [2.05, 4.69) is 15.6 Å².